The van der Waals surface area contributed by atoms with Gasteiger partial charge in [0.1, 0.15) is 29.7 Å². The summed E-state index contributed by atoms with van der Waals surface area (Å²) in [6, 6.07) is 7.13. The van der Waals surface area contributed by atoms with Crippen LogP contribution in [0.3, 0.4) is 0 Å². The van der Waals surface area contributed by atoms with Crippen LogP contribution in [0.5, 0.6) is 17.4 Å². The van der Waals surface area contributed by atoms with Crippen molar-refractivity contribution >= 4 is 23.2 Å². The molecule has 0 fully saturated rings. The first-order valence-electron chi connectivity index (χ1n) is 11.5. The zero-order chi connectivity index (χ0) is 29.0. The minimum atomic E-state index is -4.49. The largest absolute Gasteiger partial charge is 0.486 e. The maximum Gasteiger partial charge on any atom is 0.415 e. The second kappa shape index (κ2) is 14.8. The predicted molar refractivity (Wildman–Crippen MR) is 145 cm³/mol. The van der Waals surface area contributed by atoms with Gasteiger partial charge in [0.05, 0.1) is 12.8 Å². The third kappa shape index (κ3) is 8.79. The number of carbonyl (C=O) groups excluding carboxylic acids is 1. The smallest absolute Gasteiger partial charge is 0.415 e. The van der Waals surface area contributed by atoms with E-state index in [4.69, 9.17) is 19.3 Å². The number of nitrogens with zero attached hydrogens (tertiary/aromatic N) is 2. The zero-order valence-electron chi connectivity index (χ0n) is 21.9. The van der Waals surface area contributed by atoms with Crippen LogP contribution in [0.1, 0.15) is 23.2 Å². The molecule has 2 heterocycles. The summed E-state index contributed by atoms with van der Waals surface area (Å²) in [4.78, 5) is 19.6. The molecule has 11 heteroatoms. The Balaban J connectivity index is 0.00000260. The topological polar surface area (TPSA) is 90.8 Å². The second-order valence-corrected chi connectivity index (χ2v) is 8.64. The lowest BCUT2D eigenvalue weighted by Crippen LogP contribution is -2.08. The Morgan fingerprint density at radius 2 is 1.90 bits per heavy atom. The summed E-state index contributed by atoms with van der Waals surface area (Å²) in [7, 11) is 2.53. The molecule has 0 aliphatic rings. The van der Waals surface area contributed by atoms with E-state index < -0.39 is 11.7 Å². The molecule has 0 radical (unpaired) electrons. The number of thiazole rings is 1. The zero-order valence-corrected chi connectivity index (χ0v) is 22.7. The highest BCUT2D eigenvalue weighted by molar-refractivity contribution is 7.09. The van der Waals surface area contributed by atoms with E-state index in [0.29, 0.717) is 45.5 Å². The van der Waals surface area contributed by atoms with Crippen molar-refractivity contribution in [3.05, 3.63) is 82.5 Å². The molecule has 0 bridgehead atoms. The fourth-order valence-corrected chi connectivity index (χ4v) is 3.92. The van der Waals surface area contributed by atoms with E-state index in [-0.39, 0.29) is 13.2 Å². The molecule has 7 nitrogen and oxygen atoms in total. The molecular formula is C28H29F3N2O5S. The van der Waals surface area contributed by atoms with Crippen LogP contribution in [0.2, 0.25) is 0 Å². The molecule has 1 N–H and O–H groups in total. The molecule has 2 aromatic heterocycles. The Morgan fingerprint density at radius 1 is 1.15 bits per heavy atom. The Labute approximate surface area is 228 Å². The number of hydrogen-bond donors (Lipinski definition) is 1. The highest BCUT2D eigenvalue weighted by Crippen LogP contribution is 2.37. The van der Waals surface area contributed by atoms with Crippen LogP contribution in [0.4, 0.5) is 13.2 Å². The summed E-state index contributed by atoms with van der Waals surface area (Å²) in [5, 5.41) is 9.39. The van der Waals surface area contributed by atoms with Crippen LogP contribution in [-0.2, 0) is 11.4 Å². The van der Waals surface area contributed by atoms with Gasteiger partial charge in [0, 0.05) is 41.5 Å². The molecule has 0 unspecified atom stereocenters. The number of methoxy groups -OCH3 is 1. The van der Waals surface area contributed by atoms with E-state index in [1.54, 1.807) is 42.8 Å². The first kappa shape index (κ1) is 31.3. The average molecular weight is 563 g/mol. The van der Waals surface area contributed by atoms with Gasteiger partial charge in [0.25, 0.3) is 0 Å². The number of aldehydes is 1. The number of aliphatic hydroxyl groups is 1. The molecule has 0 aliphatic carbocycles. The summed E-state index contributed by atoms with van der Waals surface area (Å²) < 4.78 is 55.0. The van der Waals surface area contributed by atoms with Gasteiger partial charge in [0.2, 0.25) is 5.88 Å². The van der Waals surface area contributed by atoms with Crippen molar-refractivity contribution in [2.45, 2.75) is 26.6 Å². The van der Waals surface area contributed by atoms with Gasteiger partial charge in [-0.3, -0.25) is 4.79 Å². The maximum atomic E-state index is 12.7. The first-order chi connectivity index (χ1) is 18.7. The standard InChI is InChI=1S/C27H25F3N2O4S.CH4O/c1-5-19(7-6-18(3)27(28,29)30)22-16-37-26(32-22)15-36-24-12-17(2)23(35-11-10-33)13-21(24)20-8-9-25(34-4)31-14-20;1-2/h5-10,12-14,16H,3,11,15H2,1-2,4H3;2H,1H3/b7-6-,19-5+;. The third-order valence-corrected chi connectivity index (χ3v) is 6.00. The van der Waals surface area contributed by atoms with E-state index in [1.165, 1.54) is 24.5 Å². The van der Waals surface area contributed by atoms with Gasteiger partial charge >= 0.3 is 6.18 Å². The van der Waals surface area contributed by atoms with Gasteiger partial charge in [-0.15, -0.1) is 11.3 Å². The van der Waals surface area contributed by atoms with Crippen molar-refractivity contribution < 1.29 is 37.3 Å². The summed E-state index contributed by atoms with van der Waals surface area (Å²) >= 11 is 1.33. The quantitative estimate of drug-likeness (QED) is 0.215. The van der Waals surface area contributed by atoms with Crippen molar-refractivity contribution in [1.29, 1.82) is 0 Å². The summed E-state index contributed by atoms with van der Waals surface area (Å²) in [5.41, 5.74) is 2.34. The number of alkyl halides is 3. The average Bonchev–Trinajstić information content (AvgIpc) is 3.41. The molecule has 39 heavy (non-hydrogen) atoms. The highest BCUT2D eigenvalue weighted by Gasteiger charge is 2.29. The van der Waals surface area contributed by atoms with Crippen molar-refractivity contribution in [3.63, 3.8) is 0 Å². The lowest BCUT2D eigenvalue weighted by atomic mass is 10.0. The van der Waals surface area contributed by atoms with E-state index >= 15 is 0 Å². The monoisotopic (exact) mass is 562 g/mol. The number of halogens is 3. The van der Waals surface area contributed by atoms with Crippen molar-refractivity contribution in [1.82, 2.24) is 9.97 Å². The number of hydrogen-bond acceptors (Lipinski definition) is 8. The molecule has 0 saturated carbocycles. The summed E-state index contributed by atoms with van der Waals surface area (Å²) in [6.07, 6.45) is 1.77. The van der Waals surface area contributed by atoms with E-state index in [1.807, 2.05) is 13.0 Å². The van der Waals surface area contributed by atoms with Gasteiger partial charge in [0.15, 0.2) is 6.29 Å². The van der Waals surface area contributed by atoms with Crippen LogP contribution in [-0.4, -0.2) is 48.4 Å². The molecule has 3 rings (SSSR count). The molecule has 1 aromatic carbocycles. The van der Waals surface area contributed by atoms with Crippen molar-refractivity contribution in [2.24, 2.45) is 0 Å². The van der Waals surface area contributed by atoms with Gasteiger partial charge < -0.3 is 19.3 Å². The predicted octanol–water partition coefficient (Wildman–Crippen LogP) is 6.37. The number of ether oxygens (including phenoxy) is 3. The third-order valence-electron chi connectivity index (χ3n) is 5.18. The van der Waals surface area contributed by atoms with E-state index in [0.717, 1.165) is 24.3 Å². The first-order valence-corrected chi connectivity index (χ1v) is 12.4. The van der Waals surface area contributed by atoms with Gasteiger partial charge in [-0.2, -0.15) is 13.2 Å². The lowest BCUT2D eigenvalue weighted by Gasteiger charge is -2.15. The van der Waals surface area contributed by atoms with E-state index in [9.17, 15) is 18.0 Å². The summed E-state index contributed by atoms with van der Waals surface area (Å²) in [6.45, 7) is 6.66. The Kier molecular flexibility index (Phi) is 11.9. The van der Waals surface area contributed by atoms with Gasteiger partial charge in [-0.25, -0.2) is 9.97 Å². The number of rotatable bonds is 11. The number of carbonyl (C=O) groups is 1. The maximum absolute atomic E-state index is 12.7. The van der Waals surface area contributed by atoms with Crippen molar-refractivity contribution in [3.8, 4) is 28.5 Å². The number of aryl methyl sites for hydroxylation is 1. The Morgan fingerprint density at radius 3 is 2.49 bits per heavy atom. The van der Waals surface area contributed by atoms with E-state index in [2.05, 4.69) is 16.5 Å². The number of aromatic nitrogens is 2. The Hall–Kier alpha value is -3.96. The van der Waals surface area contributed by atoms with Crippen LogP contribution >= 0.6 is 11.3 Å². The number of aliphatic hydroxyl groups excluding tert-OH is 1. The van der Waals surface area contributed by atoms with Gasteiger partial charge in [-0.05, 0) is 49.3 Å². The molecule has 3 aromatic rings. The fourth-order valence-electron chi connectivity index (χ4n) is 3.21. The molecular weight excluding hydrogens is 533 g/mol. The van der Waals surface area contributed by atoms with Crippen LogP contribution in [0.25, 0.3) is 16.7 Å². The molecule has 0 atom stereocenters. The van der Waals surface area contributed by atoms with Crippen LogP contribution in [0.15, 0.2) is 66.2 Å². The van der Waals surface area contributed by atoms with Gasteiger partial charge in [-0.1, -0.05) is 18.7 Å². The minimum Gasteiger partial charge on any atom is -0.486 e. The highest BCUT2D eigenvalue weighted by atomic mass is 32.1. The number of benzene rings is 1. The van der Waals surface area contributed by atoms with Crippen LogP contribution in [0, 0.1) is 6.92 Å². The lowest BCUT2D eigenvalue weighted by molar-refractivity contribution is -0.109. The molecule has 0 aliphatic heterocycles. The minimum absolute atomic E-state index is 0.0821. The van der Waals surface area contributed by atoms with Crippen molar-refractivity contribution in [2.75, 3.05) is 20.8 Å². The second-order valence-electron chi connectivity index (χ2n) is 7.70. The molecule has 0 amide bonds. The van der Waals surface area contributed by atoms with Crippen LogP contribution < -0.4 is 14.2 Å². The molecule has 0 spiro atoms. The normalized spacial score (nSPS) is 11.5. The fraction of sp³-hybridized carbons (Fsp3) is 0.250. The number of pyridine rings is 1. The molecule has 208 valence electrons. The SMILES string of the molecule is C=C(/C=C\C(=C/C)c1csc(COc2cc(C)c(OCC=O)cc2-c2ccc(OC)nc2)n1)C(F)(F)F.CO. The molecule has 0 saturated heterocycles. The Bertz CT molecular complexity index is 1320. The number of allylic oxidation sites excluding steroid dienone is 5. The summed E-state index contributed by atoms with van der Waals surface area (Å²) in [5.74, 6) is 1.54.